The second-order valence-corrected chi connectivity index (χ2v) is 7.98. The van der Waals surface area contributed by atoms with Gasteiger partial charge in [-0.05, 0) is 46.0 Å². The maximum atomic E-state index is 11.1. The summed E-state index contributed by atoms with van der Waals surface area (Å²) in [7, 11) is 0. The van der Waals surface area contributed by atoms with E-state index in [9.17, 15) is 9.59 Å². The number of carbonyl (C=O) groups excluding carboxylic acids is 2. The van der Waals surface area contributed by atoms with Crippen molar-refractivity contribution in [2.24, 2.45) is 17.6 Å². The molecule has 0 spiro atoms. The lowest BCUT2D eigenvalue weighted by Gasteiger charge is -2.25. The fourth-order valence-electron chi connectivity index (χ4n) is 2.89. The molecule has 0 bridgehead atoms. The molecule has 0 radical (unpaired) electrons. The number of aliphatic hydroxyl groups excluding tert-OH is 1. The molecule has 5 heteroatoms. The van der Waals surface area contributed by atoms with E-state index in [4.69, 9.17) is 15.6 Å². The molecule has 2 saturated carbocycles. The third-order valence-electron chi connectivity index (χ3n) is 4.55. The number of aliphatic hydroxyl groups is 1. The molecule has 2 fully saturated rings. The molecule has 154 valence electrons. The number of rotatable bonds is 7. The molecule has 2 aliphatic rings. The molecule has 0 aromatic rings. The van der Waals surface area contributed by atoms with Crippen LogP contribution < -0.4 is 5.73 Å². The summed E-state index contributed by atoms with van der Waals surface area (Å²) in [4.78, 5) is 21.5. The molecule has 5 nitrogen and oxygen atoms in total. The summed E-state index contributed by atoms with van der Waals surface area (Å²) < 4.78 is 5.63. The third kappa shape index (κ3) is 14.3. The Hall–Kier alpha value is -0.940. The predicted octanol–water partition coefficient (Wildman–Crippen LogP) is 4.00. The van der Waals surface area contributed by atoms with Crippen molar-refractivity contribution in [1.82, 2.24) is 0 Å². The lowest BCUT2D eigenvalue weighted by molar-refractivity contribution is -0.128. The van der Waals surface area contributed by atoms with E-state index in [0.29, 0.717) is 30.8 Å². The minimum absolute atomic E-state index is 0.167. The van der Waals surface area contributed by atoms with Crippen LogP contribution >= 0.6 is 0 Å². The number of hydrogen-bond donors (Lipinski definition) is 2. The largest absolute Gasteiger partial charge is 0.394 e. The first kappa shape index (κ1) is 25.1. The molecule has 0 aromatic carbocycles. The van der Waals surface area contributed by atoms with E-state index < -0.39 is 0 Å². The highest BCUT2D eigenvalue weighted by Gasteiger charge is 2.26. The fraction of sp³-hybridized carbons (Fsp3) is 0.905. The van der Waals surface area contributed by atoms with Crippen molar-refractivity contribution in [3.63, 3.8) is 0 Å². The molecular weight excluding hydrogens is 330 g/mol. The summed E-state index contributed by atoms with van der Waals surface area (Å²) in [6.45, 7) is 8.11. The van der Waals surface area contributed by atoms with Crippen LogP contribution in [0.3, 0.4) is 0 Å². The van der Waals surface area contributed by atoms with Crippen molar-refractivity contribution >= 4 is 11.7 Å². The Morgan fingerprint density at radius 1 is 1.00 bits per heavy atom. The van der Waals surface area contributed by atoms with E-state index in [1.54, 1.807) is 13.8 Å². The quantitative estimate of drug-likeness (QED) is 0.662. The molecule has 0 aromatic heterocycles. The highest BCUT2D eigenvalue weighted by atomic mass is 16.5. The van der Waals surface area contributed by atoms with Crippen LogP contribution in [0.1, 0.15) is 91.9 Å². The molecular formula is C21H41NO4. The van der Waals surface area contributed by atoms with Gasteiger partial charge in [0, 0.05) is 31.0 Å². The second kappa shape index (κ2) is 15.2. The van der Waals surface area contributed by atoms with Gasteiger partial charge in [-0.3, -0.25) is 9.59 Å². The van der Waals surface area contributed by atoms with Crippen LogP contribution in [0.2, 0.25) is 0 Å². The van der Waals surface area contributed by atoms with Crippen molar-refractivity contribution in [2.45, 2.75) is 104 Å². The summed E-state index contributed by atoms with van der Waals surface area (Å²) in [5.74, 6) is 0.939. The van der Waals surface area contributed by atoms with E-state index in [1.807, 2.05) is 13.8 Å². The van der Waals surface area contributed by atoms with Crippen molar-refractivity contribution in [3.05, 3.63) is 0 Å². The van der Waals surface area contributed by atoms with Gasteiger partial charge >= 0.3 is 0 Å². The lowest BCUT2D eigenvalue weighted by Crippen LogP contribution is -2.25. The molecule has 3 N–H and O–H groups in total. The van der Waals surface area contributed by atoms with Crippen molar-refractivity contribution in [2.75, 3.05) is 6.61 Å². The van der Waals surface area contributed by atoms with E-state index in [-0.39, 0.29) is 17.9 Å². The van der Waals surface area contributed by atoms with Gasteiger partial charge in [0.05, 0.1) is 6.10 Å². The number of ether oxygens (including phenoxy) is 1. The van der Waals surface area contributed by atoms with Gasteiger partial charge in [0.25, 0.3) is 0 Å². The van der Waals surface area contributed by atoms with E-state index in [1.165, 1.54) is 38.5 Å². The van der Waals surface area contributed by atoms with Crippen LogP contribution in [0.15, 0.2) is 0 Å². The second-order valence-electron chi connectivity index (χ2n) is 7.98. The zero-order valence-electron chi connectivity index (χ0n) is 17.3. The minimum atomic E-state index is -0.229. The molecule has 1 amide bonds. The van der Waals surface area contributed by atoms with Crippen LogP contribution in [0.4, 0.5) is 0 Å². The van der Waals surface area contributed by atoms with Gasteiger partial charge in [-0.15, -0.1) is 0 Å². The van der Waals surface area contributed by atoms with Gasteiger partial charge < -0.3 is 15.6 Å². The molecule has 0 atom stereocenters. The molecule has 0 heterocycles. The number of hydrogen-bond acceptors (Lipinski definition) is 4. The van der Waals surface area contributed by atoms with Crippen molar-refractivity contribution in [3.8, 4) is 0 Å². The Balaban J connectivity index is 0.000000416. The number of carbonyl (C=O) groups is 2. The number of primary amides is 1. The summed E-state index contributed by atoms with van der Waals surface area (Å²) in [5, 5.41) is 8.06. The highest BCUT2D eigenvalue weighted by molar-refractivity contribution is 5.83. The summed E-state index contributed by atoms with van der Waals surface area (Å²) in [6.07, 6.45) is 11.4. The predicted molar refractivity (Wildman–Crippen MR) is 106 cm³/mol. The van der Waals surface area contributed by atoms with Crippen molar-refractivity contribution in [1.29, 1.82) is 0 Å². The lowest BCUT2D eigenvalue weighted by atomic mass is 9.79. The van der Waals surface area contributed by atoms with Gasteiger partial charge in [-0.2, -0.15) is 0 Å². The van der Waals surface area contributed by atoms with Gasteiger partial charge in [0.2, 0.25) is 5.91 Å². The maximum absolute atomic E-state index is 11.1. The smallest absolute Gasteiger partial charge is 0.217 e. The van der Waals surface area contributed by atoms with E-state index in [0.717, 1.165) is 19.3 Å². The summed E-state index contributed by atoms with van der Waals surface area (Å²) in [5.41, 5.74) is 5.02. The first-order chi connectivity index (χ1) is 12.2. The third-order valence-corrected chi connectivity index (χ3v) is 4.55. The molecule has 0 saturated heterocycles. The number of Topliss-reactive ketones (excluding diaryl/α,β-unsaturated/α-hetero) is 1. The van der Waals surface area contributed by atoms with Gasteiger partial charge in [0.1, 0.15) is 5.78 Å². The Kier molecular flexibility index (Phi) is 14.6. The first-order valence-corrected chi connectivity index (χ1v) is 10.4. The Morgan fingerprint density at radius 2 is 1.54 bits per heavy atom. The number of amides is 1. The number of nitrogens with two attached hydrogens (primary N) is 1. The van der Waals surface area contributed by atoms with Crippen LogP contribution in [0, 0.1) is 11.8 Å². The van der Waals surface area contributed by atoms with Gasteiger partial charge in [0.15, 0.2) is 0 Å². The topological polar surface area (TPSA) is 89.6 Å². The van der Waals surface area contributed by atoms with Crippen LogP contribution in [0.5, 0.6) is 0 Å². The molecule has 26 heavy (non-hydrogen) atoms. The zero-order valence-corrected chi connectivity index (χ0v) is 17.3. The minimum Gasteiger partial charge on any atom is -0.394 e. The van der Waals surface area contributed by atoms with Crippen LogP contribution in [0.25, 0.3) is 0 Å². The highest BCUT2D eigenvalue weighted by Crippen LogP contribution is 2.29. The fourth-order valence-corrected chi connectivity index (χ4v) is 2.89. The average molecular weight is 372 g/mol. The van der Waals surface area contributed by atoms with Gasteiger partial charge in [-0.1, -0.05) is 39.5 Å². The standard InChI is InChI=1S/C10H19NO2.C8H14O.C3H8O/c11-10(12)7-4-8-13-9-5-2-1-3-6-9;1-6(2)8(9)7-4-3-5-7;1-3(2)4/h9H,1-8H2,(H2,11,12);6-7H,3-5H2,1-2H3;3-4H,1-2H3. The monoisotopic (exact) mass is 371 g/mol. The van der Waals surface area contributed by atoms with Crippen LogP contribution in [-0.4, -0.2) is 35.6 Å². The average Bonchev–Trinajstić information content (AvgIpc) is 2.51. The molecule has 2 rings (SSSR count). The summed E-state index contributed by atoms with van der Waals surface area (Å²) >= 11 is 0. The van der Waals surface area contributed by atoms with Gasteiger partial charge in [-0.25, -0.2) is 0 Å². The normalized spacial score (nSPS) is 17.7. The maximum Gasteiger partial charge on any atom is 0.217 e. The Labute approximate surface area is 160 Å². The molecule has 2 aliphatic carbocycles. The molecule has 0 aliphatic heterocycles. The van der Waals surface area contributed by atoms with E-state index in [2.05, 4.69) is 0 Å². The Bertz CT molecular complexity index is 369. The SMILES string of the molecule is CC(C)C(=O)C1CCC1.CC(C)O.NC(=O)CCCOC1CCCCC1. The Morgan fingerprint density at radius 3 is 1.88 bits per heavy atom. The van der Waals surface area contributed by atoms with Crippen LogP contribution in [-0.2, 0) is 14.3 Å². The number of ketones is 1. The van der Waals surface area contributed by atoms with Crippen molar-refractivity contribution < 1.29 is 19.4 Å². The summed E-state index contributed by atoms with van der Waals surface area (Å²) in [6, 6.07) is 0. The van der Waals surface area contributed by atoms with E-state index >= 15 is 0 Å². The molecule has 0 unspecified atom stereocenters. The first-order valence-electron chi connectivity index (χ1n) is 10.4. The zero-order chi connectivity index (χ0) is 19.9.